The fourth-order valence-electron chi connectivity index (χ4n) is 11.6. The maximum absolute atomic E-state index is 5.16. The van der Waals surface area contributed by atoms with Crippen LogP contribution in [0.1, 0.15) is 61.3 Å². The normalized spacial score (nSPS) is 19.7. The summed E-state index contributed by atoms with van der Waals surface area (Å²) in [5.74, 6) is 0. The summed E-state index contributed by atoms with van der Waals surface area (Å²) in [6.45, 7) is 0. The fourth-order valence-corrected chi connectivity index (χ4v) is 11.6. The zero-order valence-corrected chi connectivity index (χ0v) is 34.4. The van der Waals surface area contributed by atoms with Crippen molar-refractivity contribution in [3.63, 3.8) is 0 Å². The number of hydrogen-bond acceptors (Lipinski definition) is 4. The van der Waals surface area contributed by atoms with Gasteiger partial charge in [0.15, 0.2) is 5.54 Å². The summed E-state index contributed by atoms with van der Waals surface area (Å²) in [4.78, 5) is 20.4. The van der Waals surface area contributed by atoms with Gasteiger partial charge in [-0.05, 0) is 87.7 Å². The van der Waals surface area contributed by atoms with E-state index in [1.165, 1.54) is 11.1 Å². The molecule has 5 heterocycles. The highest BCUT2D eigenvalue weighted by Crippen LogP contribution is 2.60. The molecule has 3 unspecified atom stereocenters. The van der Waals surface area contributed by atoms with Crippen molar-refractivity contribution in [3.05, 3.63) is 281 Å². The average Bonchev–Trinajstić information content (AvgIpc) is 4.09. The molecular formula is C57H38N6. The number of pyridine rings is 4. The van der Waals surface area contributed by atoms with Crippen LogP contribution in [0.25, 0.3) is 33.8 Å². The Morgan fingerprint density at radius 2 is 0.873 bits per heavy atom. The fraction of sp³-hybridized carbons (Fsp3) is 0.0702. The Hall–Kier alpha value is -8.09. The number of hydrogen-bond donors (Lipinski definition) is 0. The molecule has 0 aliphatic heterocycles. The molecule has 3 aliphatic carbocycles. The first-order chi connectivity index (χ1) is 31.2. The maximum Gasteiger partial charge on any atom is 0.204 e. The quantitative estimate of drug-likeness (QED) is 0.124. The smallest absolute Gasteiger partial charge is 0.204 e. The molecule has 0 radical (unpaired) electrons. The molecule has 0 saturated carbocycles. The molecular weight excluding hydrogens is 769 g/mol. The van der Waals surface area contributed by atoms with Crippen LogP contribution in [-0.4, -0.2) is 24.5 Å². The predicted octanol–water partition coefficient (Wildman–Crippen LogP) is 10.2. The Bertz CT molecular complexity index is 3320. The van der Waals surface area contributed by atoms with E-state index in [0.717, 1.165) is 84.0 Å². The Morgan fingerprint density at radius 1 is 0.413 bits per heavy atom. The maximum atomic E-state index is 5.16. The molecule has 0 bridgehead atoms. The number of aryl methyl sites for hydroxylation is 1. The van der Waals surface area contributed by atoms with Crippen molar-refractivity contribution < 1.29 is 4.57 Å². The van der Waals surface area contributed by atoms with Gasteiger partial charge in [0.25, 0.3) is 0 Å². The van der Waals surface area contributed by atoms with Crippen molar-refractivity contribution >= 4 is 0 Å². The van der Waals surface area contributed by atoms with E-state index >= 15 is 0 Å². The lowest BCUT2D eigenvalue weighted by molar-refractivity contribution is -0.675. The number of nitrogens with zero attached hydrogens (tertiary/aromatic N) is 6. The summed E-state index contributed by atoms with van der Waals surface area (Å²) < 4.78 is 4.24. The zero-order valence-electron chi connectivity index (χ0n) is 34.4. The molecule has 0 spiro atoms. The Morgan fingerprint density at radius 3 is 1.48 bits per heavy atom. The number of rotatable bonds is 6. The molecule has 5 aromatic carbocycles. The lowest BCUT2D eigenvalue weighted by Gasteiger charge is -2.38. The second-order valence-electron chi connectivity index (χ2n) is 16.8. The van der Waals surface area contributed by atoms with E-state index < -0.39 is 16.4 Å². The summed E-state index contributed by atoms with van der Waals surface area (Å²) in [6, 6.07) is 64.0. The van der Waals surface area contributed by atoms with Crippen LogP contribution >= 0.6 is 0 Å². The van der Waals surface area contributed by atoms with Gasteiger partial charge in [-0.25, -0.2) is 0 Å². The molecule has 0 saturated heterocycles. The molecule has 13 rings (SSSR count). The Kier molecular flexibility index (Phi) is 7.47. The van der Waals surface area contributed by atoms with Crippen LogP contribution in [0.2, 0.25) is 0 Å². The second kappa shape index (κ2) is 13.2. The monoisotopic (exact) mass is 806 g/mol. The van der Waals surface area contributed by atoms with Crippen molar-refractivity contribution in [3.8, 4) is 33.8 Å². The number of aromatic nitrogens is 6. The molecule has 296 valence electrons. The molecule has 10 aromatic rings. The SMILES string of the molecule is C[n+]1[c-]n(C2(c3cccc(C4(c5cccc(C6(c7ccccn7)c7ccccc7-c7ncccc76)c5)c5ccccc5-c5ncccc54)c3)c3ccccc3-c3ncccc32)cc1. The summed E-state index contributed by atoms with van der Waals surface area (Å²) in [5, 5.41) is 0. The van der Waals surface area contributed by atoms with E-state index in [-0.39, 0.29) is 0 Å². The van der Waals surface area contributed by atoms with Crippen LogP contribution in [0.4, 0.5) is 0 Å². The number of imidazole rings is 1. The van der Waals surface area contributed by atoms with Crippen molar-refractivity contribution in [1.29, 1.82) is 0 Å². The van der Waals surface area contributed by atoms with Gasteiger partial charge < -0.3 is 9.13 Å². The van der Waals surface area contributed by atoms with E-state index in [1.54, 1.807) is 0 Å². The van der Waals surface area contributed by atoms with E-state index in [2.05, 4.69) is 193 Å². The molecule has 6 heteroatoms. The van der Waals surface area contributed by atoms with Gasteiger partial charge in [0.05, 0.1) is 40.7 Å². The first-order valence-corrected chi connectivity index (χ1v) is 21.4. The highest BCUT2D eigenvalue weighted by Gasteiger charge is 2.53. The minimum absolute atomic E-state index is 0.732. The highest BCUT2D eigenvalue weighted by atomic mass is 15.2. The minimum Gasteiger partial charge on any atom is -0.354 e. The molecule has 5 aromatic heterocycles. The van der Waals surface area contributed by atoms with Crippen LogP contribution in [0.3, 0.4) is 0 Å². The van der Waals surface area contributed by atoms with Crippen molar-refractivity contribution in [2.45, 2.75) is 16.4 Å². The third-order valence-electron chi connectivity index (χ3n) is 13.9. The van der Waals surface area contributed by atoms with Crippen LogP contribution in [-0.2, 0) is 23.4 Å². The summed E-state index contributed by atoms with van der Waals surface area (Å²) in [6.07, 6.45) is 15.5. The van der Waals surface area contributed by atoms with Gasteiger partial charge in [-0.2, -0.15) is 0 Å². The third-order valence-corrected chi connectivity index (χ3v) is 13.9. The van der Waals surface area contributed by atoms with Gasteiger partial charge >= 0.3 is 0 Å². The van der Waals surface area contributed by atoms with E-state index in [4.69, 9.17) is 19.9 Å². The van der Waals surface area contributed by atoms with E-state index in [9.17, 15) is 0 Å². The van der Waals surface area contributed by atoms with Crippen LogP contribution in [0.15, 0.2) is 213 Å². The zero-order chi connectivity index (χ0) is 41.8. The molecule has 3 atom stereocenters. The topological polar surface area (TPSA) is 60.4 Å². The number of fused-ring (bicyclic) bond motifs is 9. The average molecular weight is 807 g/mol. The van der Waals surface area contributed by atoms with Gasteiger partial charge in [-0.15, -0.1) is 0 Å². The standard InChI is InChI=1S/C57H38N6/c1-62-33-34-63(37-62)57(47-24-7-4-21-44(47)54-50(57)27-14-32-61-54)41-18-11-16-39(36-41)55(45-22-5-2-19-42(45)52-48(55)25-12-30-59-52)38-15-10-17-40(35-38)56(51-28-8-9-29-58-51)46-23-6-3-20-43(46)53-49(56)26-13-31-60-53/h2-36H,1H3. The van der Waals surface area contributed by atoms with Crippen molar-refractivity contribution in [2.24, 2.45) is 7.05 Å². The molecule has 3 aliphatic rings. The molecule has 0 amide bonds. The van der Waals surface area contributed by atoms with Crippen LogP contribution in [0, 0.1) is 6.33 Å². The number of benzene rings is 5. The summed E-state index contributed by atoms with van der Waals surface area (Å²) in [5.41, 5.74) is 16.5. The lowest BCUT2D eigenvalue weighted by Crippen LogP contribution is -2.38. The molecule has 0 fully saturated rings. The van der Waals surface area contributed by atoms with E-state index in [0.29, 0.717) is 0 Å². The van der Waals surface area contributed by atoms with Gasteiger partial charge in [-0.3, -0.25) is 19.9 Å². The van der Waals surface area contributed by atoms with Gasteiger partial charge in [0, 0.05) is 58.2 Å². The van der Waals surface area contributed by atoms with Crippen LogP contribution < -0.4 is 4.57 Å². The second-order valence-corrected chi connectivity index (χ2v) is 16.8. The van der Waals surface area contributed by atoms with Gasteiger partial charge in [0.1, 0.15) is 0 Å². The van der Waals surface area contributed by atoms with Crippen molar-refractivity contribution in [2.75, 3.05) is 0 Å². The van der Waals surface area contributed by atoms with E-state index in [1.807, 2.05) is 42.5 Å². The molecule has 6 nitrogen and oxygen atoms in total. The van der Waals surface area contributed by atoms with Gasteiger partial charge in [-0.1, -0.05) is 140 Å². The Labute approximate surface area is 365 Å². The summed E-state index contributed by atoms with van der Waals surface area (Å²) >= 11 is 0. The largest absolute Gasteiger partial charge is 0.354 e. The van der Waals surface area contributed by atoms with Crippen LogP contribution in [0.5, 0.6) is 0 Å². The predicted molar refractivity (Wildman–Crippen MR) is 244 cm³/mol. The first kappa shape index (κ1) is 35.6. The Balaban J connectivity index is 1.13. The summed E-state index contributed by atoms with van der Waals surface area (Å²) in [7, 11) is 2.03. The lowest BCUT2D eigenvalue weighted by atomic mass is 9.64. The minimum atomic E-state index is -0.768. The van der Waals surface area contributed by atoms with Gasteiger partial charge in [0.2, 0.25) is 6.33 Å². The highest BCUT2D eigenvalue weighted by molar-refractivity contribution is 5.87. The molecule has 63 heavy (non-hydrogen) atoms. The molecule has 0 N–H and O–H groups in total. The van der Waals surface area contributed by atoms with Crippen molar-refractivity contribution in [1.82, 2.24) is 24.5 Å². The third kappa shape index (κ3) is 4.54. The first-order valence-electron chi connectivity index (χ1n) is 21.4.